The van der Waals surface area contributed by atoms with E-state index in [9.17, 15) is 9.59 Å². The van der Waals surface area contributed by atoms with E-state index in [4.69, 9.17) is 10.2 Å². The molecule has 6 heteroatoms. The fourth-order valence-corrected chi connectivity index (χ4v) is 2.57. The van der Waals surface area contributed by atoms with E-state index in [0.29, 0.717) is 0 Å². The van der Waals surface area contributed by atoms with Crippen molar-refractivity contribution in [3.05, 3.63) is 0 Å². The minimum Gasteiger partial charge on any atom is -0.479 e. The molecule has 0 aromatic rings. The molecule has 1 aliphatic rings. The van der Waals surface area contributed by atoms with Gasteiger partial charge in [-0.05, 0) is 18.6 Å². The Morgan fingerprint density at radius 1 is 1.47 bits per heavy atom. The van der Waals surface area contributed by atoms with Crippen LogP contribution in [0.4, 0.5) is 0 Å². The first-order valence-electron chi connectivity index (χ1n) is 4.91. The molecular formula is C9H15NO4S. The van der Waals surface area contributed by atoms with Crippen molar-refractivity contribution in [2.45, 2.75) is 30.6 Å². The predicted octanol–water partition coefficient (Wildman–Crippen LogP) is -0.166. The molecule has 0 spiro atoms. The summed E-state index contributed by atoms with van der Waals surface area (Å²) in [5, 5.41) is 19.7. The van der Waals surface area contributed by atoms with Gasteiger partial charge in [0.1, 0.15) is 0 Å². The Bertz CT molecular complexity index is 240. The third-order valence-corrected chi connectivity index (χ3v) is 3.60. The summed E-state index contributed by atoms with van der Waals surface area (Å²) in [5.41, 5.74) is 0. The van der Waals surface area contributed by atoms with E-state index >= 15 is 0 Å². The summed E-state index contributed by atoms with van der Waals surface area (Å²) in [5.74, 6) is -0.508. The van der Waals surface area contributed by atoms with E-state index in [1.165, 1.54) is 0 Å². The minimum absolute atomic E-state index is 0.0836. The Morgan fingerprint density at radius 3 is 2.73 bits per heavy atom. The Balaban J connectivity index is 2.25. The monoisotopic (exact) mass is 233 g/mol. The molecule has 1 heterocycles. The zero-order valence-electron chi connectivity index (χ0n) is 8.31. The number of amides is 1. The molecule has 0 radical (unpaired) electrons. The topological polar surface area (TPSA) is 86.6 Å². The third-order valence-electron chi connectivity index (χ3n) is 2.23. The number of carboxylic acid groups (broad SMARTS) is 1. The Morgan fingerprint density at radius 2 is 2.20 bits per heavy atom. The molecule has 0 aliphatic carbocycles. The van der Waals surface area contributed by atoms with Crippen molar-refractivity contribution >= 4 is 23.6 Å². The summed E-state index contributed by atoms with van der Waals surface area (Å²) in [7, 11) is 0. The van der Waals surface area contributed by atoms with E-state index in [0.717, 1.165) is 25.0 Å². The molecule has 15 heavy (non-hydrogen) atoms. The largest absolute Gasteiger partial charge is 0.479 e. The zero-order valence-corrected chi connectivity index (χ0v) is 9.13. The van der Waals surface area contributed by atoms with Crippen molar-refractivity contribution in [2.24, 2.45) is 0 Å². The molecule has 1 amide bonds. The molecule has 1 fully saturated rings. The highest BCUT2D eigenvalue weighted by atomic mass is 32.2. The number of hydrogen-bond donors (Lipinski definition) is 3. The second-order valence-corrected chi connectivity index (χ2v) is 4.77. The van der Waals surface area contributed by atoms with Crippen LogP contribution >= 0.6 is 11.8 Å². The predicted molar refractivity (Wildman–Crippen MR) is 56.7 cm³/mol. The average Bonchev–Trinajstić information content (AvgIpc) is 2.26. The molecule has 0 aromatic carbocycles. The van der Waals surface area contributed by atoms with Crippen molar-refractivity contribution in [3.8, 4) is 0 Å². The highest BCUT2D eigenvalue weighted by Gasteiger charge is 2.23. The number of carboxylic acids is 1. The van der Waals surface area contributed by atoms with Gasteiger partial charge in [0.25, 0.3) is 0 Å². The smallest absolute Gasteiger partial charge is 0.334 e. The van der Waals surface area contributed by atoms with Crippen molar-refractivity contribution in [3.63, 3.8) is 0 Å². The number of carbonyl (C=O) groups is 2. The molecule has 86 valence electrons. The number of carbonyl (C=O) groups excluding carboxylic acids is 1. The molecular weight excluding hydrogens is 218 g/mol. The lowest BCUT2D eigenvalue weighted by molar-refractivity contribution is -0.146. The summed E-state index contributed by atoms with van der Waals surface area (Å²) >= 11 is 1.59. The summed E-state index contributed by atoms with van der Waals surface area (Å²) in [6.07, 6.45) is 1.49. The Hall–Kier alpha value is -0.750. The number of rotatable bonds is 4. The van der Waals surface area contributed by atoms with Crippen LogP contribution < -0.4 is 5.32 Å². The van der Waals surface area contributed by atoms with Gasteiger partial charge in [-0.15, -0.1) is 11.8 Å². The number of hydrogen-bond acceptors (Lipinski definition) is 4. The van der Waals surface area contributed by atoms with Gasteiger partial charge in [0.2, 0.25) is 5.91 Å². The van der Waals surface area contributed by atoms with Gasteiger partial charge in [0.05, 0.1) is 11.8 Å². The highest BCUT2D eigenvalue weighted by molar-refractivity contribution is 8.00. The van der Waals surface area contributed by atoms with E-state index in [2.05, 4.69) is 5.32 Å². The van der Waals surface area contributed by atoms with E-state index in [1.807, 2.05) is 0 Å². The van der Waals surface area contributed by atoms with Gasteiger partial charge in [0.15, 0.2) is 6.10 Å². The molecule has 2 atom stereocenters. The van der Waals surface area contributed by atoms with Crippen molar-refractivity contribution in [1.29, 1.82) is 0 Å². The molecule has 0 saturated carbocycles. The van der Waals surface area contributed by atoms with Crippen LogP contribution in [-0.4, -0.2) is 45.7 Å². The first-order chi connectivity index (χ1) is 7.11. The van der Waals surface area contributed by atoms with Crippen molar-refractivity contribution in [1.82, 2.24) is 5.32 Å². The fraction of sp³-hybridized carbons (Fsp3) is 0.778. The van der Waals surface area contributed by atoms with Crippen molar-refractivity contribution < 1.29 is 19.8 Å². The van der Waals surface area contributed by atoms with Crippen molar-refractivity contribution in [2.75, 3.05) is 12.3 Å². The van der Waals surface area contributed by atoms with E-state index < -0.39 is 12.1 Å². The highest BCUT2D eigenvalue weighted by Crippen LogP contribution is 2.24. The maximum Gasteiger partial charge on any atom is 0.334 e. The first-order valence-corrected chi connectivity index (χ1v) is 5.96. The number of aliphatic hydroxyl groups excluding tert-OH is 1. The normalized spacial score (nSPS) is 23.1. The van der Waals surface area contributed by atoms with Gasteiger partial charge < -0.3 is 15.5 Å². The number of nitrogens with one attached hydrogen (secondary N) is 1. The Kier molecular flexibility index (Phi) is 4.90. The van der Waals surface area contributed by atoms with Gasteiger partial charge in [-0.1, -0.05) is 6.42 Å². The van der Waals surface area contributed by atoms with E-state index in [-0.39, 0.29) is 17.7 Å². The van der Waals surface area contributed by atoms with Gasteiger partial charge in [-0.25, -0.2) is 4.79 Å². The number of aliphatic hydroxyl groups is 1. The van der Waals surface area contributed by atoms with Crippen LogP contribution in [0.1, 0.15) is 19.3 Å². The molecule has 1 rings (SSSR count). The summed E-state index contributed by atoms with van der Waals surface area (Å²) in [6.45, 7) is -0.217. The Labute approximate surface area is 92.2 Å². The summed E-state index contributed by atoms with van der Waals surface area (Å²) < 4.78 is 0. The standard InChI is InChI=1S/C9H15NO4S/c11-6(9(13)14)5-10-8(12)7-3-1-2-4-15-7/h6-7,11H,1-5H2,(H,10,12)(H,13,14)/t6-,7?/m0/s1. The molecule has 0 aromatic heterocycles. The second kappa shape index (κ2) is 5.97. The van der Waals surface area contributed by atoms with Crippen LogP contribution in [0.3, 0.4) is 0 Å². The molecule has 1 unspecified atom stereocenters. The minimum atomic E-state index is -1.51. The van der Waals surface area contributed by atoms with Crippen LogP contribution in [0.2, 0.25) is 0 Å². The average molecular weight is 233 g/mol. The van der Waals surface area contributed by atoms with Crippen LogP contribution in [-0.2, 0) is 9.59 Å². The van der Waals surface area contributed by atoms with Crippen LogP contribution in [0.15, 0.2) is 0 Å². The molecule has 3 N–H and O–H groups in total. The quantitative estimate of drug-likeness (QED) is 0.628. The SMILES string of the molecule is O=C(NC[C@H](O)C(=O)O)C1CCCCS1. The molecule has 1 saturated heterocycles. The number of thioether (sulfide) groups is 1. The molecule has 1 aliphatic heterocycles. The van der Waals surface area contributed by atoms with Crippen LogP contribution in [0, 0.1) is 0 Å². The molecule has 5 nitrogen and oxygen atoms in total. The fourth-order valence-electron chi connectivity index (χ4n) is 1.35. The van der Waals surface area contributed by atoms with Crippen LogP contribution in [0.5, 0.6) is 0 Å². The van der Waals surface area contributed by atoms with E-state index in [1.54, 1.807) is 11.8 Å². The van der Waals surface area contributed by atoms with Gasteiger partial charge in [-0.3, -0.25) is 4.79 Å². The maximum atomic E-state index is 11.5. The van der Waals surface area contributed by atoms with Gasteiger partial charge in [-0.2, -0.15) is 0 Å². The van der Waals surface area contributed by atoms with Gasteiger partial charge in [0, 0.05) is 0 Å². The summed E-state index contributed by atoms with van der Waals surface area (Å²) in [6, 6.07) is 0. The lowest BCUT2D eigenvalue weighted by Crippen LogP contribution is -2.41. The summed E-state index contributed by atoms with van der Waals surface area (Å²) in [4.78, 5) is 21.8. The van der Waals surface area contributed by atoms with Crippen LogP contribution in [0.25, 0.3) is 0 Å². The number of aliphatic carboxylic acids is 1. The maximum absolute atomic E-state index is 11.5. The lowest BCUT2D eigenvalue weighted by atomic mass is 10.2. The first kappa shape index (κ1) is 12.3. The second-order valence-electron chi connectivity index (χ2n) is 3.45. The zero-order chi connectivity index (χ0) is 11.3. The lowest BCUT2D eigenvalue weighted by Gasteiger charge is -2.20. The third kappa shape index (κ3) is 4.09. The molecule has 0 bridgehead atoms. The van der Waals surface area contributed by atoms with Gasteiger partial charge >= 0.3 is 5.97 Å².